The molecule has 90 valence electrons. The van der Waals surface area contributed by atoms with Crippen molar-refractivity contribution in [1.82, 2.24) is 20.6 Å². The number of amides is 2. The number of nitrogens with zero attached hydrogens (tertiary/aromatic N) is 2. The highest BCUT2D eigenvalue weighted by atomic mass is 16.2. The van der Waals surface area contributed by atoms with Gasteiger partial charge in [0.1, 0.15) is 11.5 Å². The lowest BCUT2D eigenvalue weighted by Crippen LogP contribution is -2.47. The first-order chi connectivity index (χ1) is 8.15. The summed E-state index contributed by atoms with van der Waals surface area (Å²) in [7, 11) is 0. The van der Waals surface area contributed by atoms with Crippen LogP contribution < -0.4 is 16.4 Å². The Morgan fingerprint density at radius 1 is 1.53 bits per heavy atom. The second-order valence-corrected chi connectivity index (χ2v) is 3.84. The molecule has 4 N–H and O–H groups in total. The number of hydrogen-bond acceptors (Lipinski definition) is 5. The molecular formula is C10H13N5O2. The Labute approximate surface area is 97.8 Å². The van der Waals surface area contributed by atoms with E-state index in [1.54, 1.807) is 0 Å². The maximum atomic E-state index is 11.8. The van der Waals surface area contributed by atoms with E-state index in [9.17, 15) is 9.59 Å². The van der Waals surface area contributed by atoms with Crippen molar-refractivity contribution in [3.8, 4) is 0 Å². The van der Waals surface area contributed by atoms with Gasteiger partial charge in [-0.2, -0.15) is 0 Å². The average Bonchev–Trinajstić information content (AvgIpc) is 2.32. The molecule has 0 aliphatic carbocycles. The fourth-order valence-corrected chi connectivity index (χ4v) is 1.61. The van der Waals surface area contributed by atoms with Crippen molar-refractivity contribution in [2.24, 2.45) is 0 Å². The van der Waals surface area contributed by atoms with Gasteiger partial charge in [-0.1, -0.05) is 0 Å². The van der Waals surface area contributed by atoms with Gasteiger partial charge in [0.25, 0.3) is 5.91 Å². The van der Waals surface area contributed by atoms with Crippen LogP contribution in [0, 0.1) is 0 Å². The Morgan fingerprint density at radius 3 is 3.00 bits per heavy atom. The summed E-state index contributed by atoms with van der Waals surface area (Å²) in [6.45, 7) is 0.445. The Hall–Kier alpha value is -2.18. The zero-order valence-corrected chi connectivity index (χ0v) is 9.14. The third kappa shape index (κ3) is 2.90. The van der Waals surface area contributed by atoms with Gasteiger partial charge < -0.3 is 16.4 Å². The largest absolute Gasteiger partial charge is 0.382 e. The van der Waals surface area contributed by atoms with Crippen molar-refractivity contribution in [3.63, 3.8) is 0 Å². The van der Waals surface area contributed by atoms with Crippen molar-refractivity contribution in [2.45, 2.75) is 18.9 Å². The smallest absolute Gasteiger partial charge is 0.271 e. The average molecular weight is 235 g/mol. The number of carbonyl (C=O) groups excluding carboxylic acids is 2. The van der Waals surface area contributed by atoms with Gasteiger partial charge in [0.05, 0.1) is 12.4 Å². The van der Waals surface area contributed by atoms with Crippen LogP contribution in [-0.4, -0.2) is 34.4 Å². The summed E-state index contributed by atoms with van der Waals surface area (Å²) in [4.78, 5) is 30.4. The fraction of sp³-hybridized carbons (Fsp3) is 0.400. The van der Waals surface area contributed by atoms with Crippen LogP contribution in [0.25, 0.3) is 0 Å². The molecule has 1 aromatic heterocycles. The van der Waals surface area contributed by atoms with Crippen molar-refractivity contribution in [1.29, 1.82) is 0 Å². The molecule has 7 heteroatoms. The number of hydrogen-bond donors (Lipinski definition) is 3. The molecule has 2 heterocycles. The van der Waals surface area contributed by atoms with Gasteiger partial charge in [0.15, 0.2) is 0 Å². The van der Waals surface area contributed by atoms with E-state index in [0.717, 1.165) is 0 Å². The number of anilines is 1. The lowest BCUT2D eigenvalue weighted by atomic mass is 10.1. The second-order valence-electron chi connectivity index (χ2n) is 3.84. The first kappa shape index (κ1) is 11.3. The van der Waals surface area contributed by atoms with Gasteiger partial charge in [0.2, 0.25) is 5.91 Å². The number of nitrogens with one attached hydrogen (secondary N) is 2. The summed E-state index contributed by atoms with van der Waals surface area (Å²) in [5, 5.41) is 5.46. The fourth-order valence-electron chi connectivity index (χ4n) is 1.61. The molecule has 2 rings (SSSR count). The SMILES string of the molecule is Nc1cncc(C(=O)NC2CCC(=O)NC2)n1. The molecule has 0 aromatic carbocycles. The van der Waals surface area contributed by atoms with Gasteiger partial charge in [-0.25, -0.2) is 4.98 Å². The Morgan fingerprint density at radius 2 is 2.35 bits per heavy atom. The summed E-state index contributed by atoms with van der Waals surface area (Å²) in [5.41, 5.74) is 5.62. The van der Waals surface area contributed by atoms with Crippen LogP contribution in [0.2, 0.25) is 0 Å². The van der Waals surface area contributed by atoms with Crippen LogP contribution in [-0.2, 0) is 4.79 Å². The number of piperidine rings is 1. The first-order valence-corrected chi connectivity index (χ1v) is 5.30. The van der Waals surface area contributed by atoms with E-state index in [4.69, 9.17) is 5.73 Å². The number of aromatic nitrogens is 2. The number of rotatable bonds is 2. The van der Waals surface area contributed by atoms with Crippen molar-refractivity contribution >= 4 is 17.6 Å². The molecule has 7 nitrogen and oxygen atoms in total. The van der Waals surface area contributed by atoms with E-state index in [2.05, 4.69) is 20.6 Å². The summed E-state index contributed by atoms with van der Waals surface area (Å²) in [6, 6.07) is -0.0663. The Kier molecular flexibility index (Phi) is 3.17. The molecule has 0 spiro atoms. The van der Waals surface area contributed by atoms with Crippen molar-refractivity contribution in [2.75, 3.05) is 12.3 Å². The molecule has 0 bridgehead atoms. The van der Waals surface area contributed by atoms with Crippen LogP contribution in [0.4, 0.5) is 5.82 Å². The zero-order valence-electron chi connectivity index (χ0n) is 9.14. The van der Waals surface area contributed by atoms with Gasteiger partial charge in [0, 0.05) is 19.0 Å². The molecule has 1 saturated heterocycles. The number of nitrogen functional groups attached to an aromatic ring is 1. The molecule has 0 saturated carbocycles. The van der Waals surface area contributed by atoms with Gasteiger partial charge in [-0.3, -0.25) is 14.6 Å². The monoisotopic (exact) mass is 235 g/mol. The van der Waals surface area contributed by atoms with E-state index in [0.29, 0.717) is 19.4 Å². The van der Waals surface area contributed by atoms with Gasteiger partial charge in [-0.05, 0) is 6.42 Å². The van der Waals surface area contributed by atoms with E-state index >= 15 is 0 Å². The third-order valence-corrected chi connectivity index (χ3v) is 2.49. The predicted octanol–water partition coefficient (Wildman–Crippen LogP) is -0.933. The van der Waals surface area contributed by atoms with E-state index in [1.807, 2.05) is 0 Å². The quantitative estimate of drug-likeness (QED) is 0.613. The lowest BCUT2D eigenvalue weighted by molar-refractivity contribution is -0.122. The van der Waals surface area contributed by atoms with Crippen molar-refractivity contribution < 1.29 is 9.59 Å². The third-order valence-electron chi connectivity index (χ3n) is 2.49. The minimum Gasteiger partial charge on any atom is -0.382 e. The highest BCUT2D eigenvalue weighted by molar-refractivity contribution is 5.92. The van der Waals surface area contributed by atoms with E-state index < -0.39 is 0 Å². The van der Waals surface area contributed by atoms with Crippen LogP contribution in [0.3, 0.4) is 0 Å². The minimum atomic E-state index is -0.328. The van der Waals surface area contributed by atoms with Crippen molar-refractivity contribution in [3.05, 3.63) is 18.1 Å². The summed E-state index contributed by atoms with van der Waals surface area (Å²) < 4.78 is 0. The summed E-state index contributed by atoms with van der Waals surface area (Å²) in [6.07, 6.45) is 3.78. The molecule has 2 amide bonds. The summed E-state index contributed by atoms with van der Waals surface area (Å²) in [5.74, 6) is -0.111. The maximum absolute atomic E-state index is 11.8. The molecule has 17 heavy (non-hydrogen) atoms. The van der Waals surface area contributed by atoms with Crippen LogP contribution in [0.5, 0.6) is 0 Å². The van der Waals surface area contributed by atoms with E-state index in [-0.39, 0.29) is 29.4 Å². The Balaban J connectivity index is 1.95. The maximum Gasteiger partial charge on any atom is 0.271 e. The van der Waals surface area contributed by atoms with Crippen LogP contribution in [0.1, 0.15) is 23.3 Å². The lowest BCUT2D eigenvalue weighted by Gasteiger charge is -2.23. The highest BCUT2D eigenvalue weighted by Crippen LogP contribution is 2.04. The number of carbonyl (C=O) groups is 2. The minimum absolute atomic E-state index is 0.0132. The summed E-state index contributed by atoms with van der Waals surface area (Å²) >= 11 is 0. The van der Waals surface area contributed by atoms with Gasteiger partial charge in [-0.15, -0.1) is 0 Å². The molecular weight excluding hydrogens is 222 g/mol. The number of nitrogens with two attached hydrogens (primary N) is 1. The highest BCUT2D eigenvalue weighted by Gasteiger charge is 2.20. The molecule has 1 atom stereocenters. The molecule has 1 fully saturated rings. The second kappa shape index (κ2) is 4.77. The first-order valence-electron chi connectivity index (χ1n) is 5.30. The standard InChI is InChI=1S/C10H13N5O2/c11-8-5-12-4-7(15-8)10(17)14-6-1-2-9(16)13-3-6/h4-6H,1-3H2,(H2,11,15)(H,13,16)(H,14,17). The Bertz CT molecular complexity index is 438. The molecule has 1 unspecified atom stereocenters. The van der Waals surface area contributed by atoms with Gasteiger partial charge >= 0.3 is 0 Å². The predicted molar refractivity (Wildman–Crippen MR) is 59.9 cm³/mol. The van der Waals surface area contributed by atoms with Crippen LogP contribution >= 0.6 is 0 Å². The normalized spacial score (nSPS) is 19.5. The zero-order chi connectivity index (χ0) is 12.3. The van der Waals surface area contributed by atoms with Crippen LogP contribution in [0.15, 0.2) is 12.4 Å². The molecule has 1 aromatic rings. The molecule has 1 aliphatic rings. The topological polar surface area (TPSA) is 110 Å². The molecule has 1 aliphatic heterocycles. The molecule has 0 radical (unpaired) electrons. The van der Waals surface area contributed by atoms with E-state index in [1.165, 1.54) is 12.4 Å².